The summed E-state index contributed by atoms with van der Waals surface area (Å²) in [5.74, 6) is -0.800. The lowest BCUT2D eigenvalue weighted by Crippen LogP contribution is -2.13. The maximum atomic E-state index is 11.0. The van der Waals surface area contributed by atoms with Crippen LogP contribution in [0.25, 0.3) is 0 Å². The third kappa shape index (κ3) is 3.71. The average Bonchev–Trinajstić information content (AvgIpc) is 2.58. The number of carbonyl (C=O) groups is 1. The van der Waals surface area contributed by atoms with E-state index >= 15 is 0 Å². The van der Waals surface area contributed by atoms with Crippen LogP contribution in [0.1, 0.15) is 16.1 Å². The molecule has 1 heterocycles. The van der Waals surface area contributed by atoms with Crippen LogP contribution in [-0.4, -0.2) is 54.4 Å². The normalized spacial score (nSPS) is 10.6. The summed E-state index contributed by atoms with van der Waals surface area (Å²) in [4.78, 5) is 11.0. The highest BCUT2D eigenvalue weighted by atomic mass is 16.5. The Kier molecular flexibility index (Phi) is 5.60. The zero-order valence-electron chi connectivity index (χ0n) is 10.8. The molecule has 0 aliphatic carbocycles. The van der Waals surface area contributed by atoms with Gasteiger partial charge >= 0.3 is 5.97 Å². The summed E-state index contributed by atoms with van der Waals surface area (Å²) in [5.41, 5.74) is 0.523. The molecule has 0 bridgehead atoms. The molecule has 7 heteroatoms. The van der Waals surface area contributed by atoms with Gasteiger partial charge in [0.2, 0.25) is 5.88 Å². The van der Waals surface area contributed by atoms with Crippen LogP contribution in [-0.2, 0) is 16.5 Å². The van der Waals surface area contributed by atoms with Gasteiger partial charge in [-0.15, -0.1) is 0 Å². The van der Waals surface area contributed by atoms with Crippen molar-refractivity contribution in [3.05, 3.63) is 11.3 Å². The third-order valence-electron chi connectivity index (χ3n) is 2.28. The molecule has 0 saturated carbocycles. The molecule has 18 heavy (non-hydrogen) atoms. The van der Waals surface area contributed by atoms with Gasteiger partial charge in [0.15, 0.2) is 0 Å². The smallest absolute Gasteiger partial charge is 0.343 e. The monoisotopic (exact) mass is 258 g/mol. The fraction of sp³-hybridized carbons (Fsp3) is 0.636. The predicted octanol–water partition coefficient (Wildman–Crippen LogP) is 0.469. The van der Waals surface area contributed by atoms with Gasteiger partial charge in [-0.3, -0.25) is 0 Å². The van der Waals surface area contributed by atoms with Gasteiger partial charge in [0, 0.05) is 14.2 Å². The first-order valence-corrected chi connectivity index (χ1v) is 5.54. The van der Waals surface area contributed by atoms with Crippen LogP contribution in [0.3, 0.4) is 0 Å². The molecule has 0 amide bonds. The molecule has 0 unspecified atom stereocenters. The topological polar surface area (TPSA) is 82.8 Å². The van der Waals surface area contributed by atoms with Crippen LogP contribution in [0.2, 0.25) is 0 Å². The van der Waals surface area contributed by atoms with Gasteiger partial charge in [-0.1, -0.05) is 0 Å². The highest BCUT2D eigenvalue weighted by Gasteiger charge is 2.20. The number of nitrogens with zero attached hydrogens (tertiary/aromatic N) is 2. The summed E-state index contributed by atoms with van der Waals surface area (Å²) in [6.07, 6.45) is 0. The Hall–Kier alpha value is -1.60. The van der Waals surface area contributed by atoms with E-state index in [2.05, 4.69) is 5.10 Å². The molecule has 0 aliphatic heterocycles. The molecule has 0 radical (unpaired) electrons. The molecule has 7 nitrogen and oxygen atoms in total. The predicted molar refractivity (Wildman–Crippen MR) is 63.1 cm³/mol. The molecule has 0 aliphatic rings. The summed E-state index contributed by atoms with van der Waals surface area (Å²) in [7, 11) is 3.23. The molecule has 0 spiro atoms. The lowest BCUT2D eigenvalue weighted by molar-refractivity contribution is 0.0520. The van der Waals surface area contributed by atoms with E-state index in [9.17, 15) is 4.79 Å². The second-order valence-electron chi connectivity index (χ2n) is 3.65. The van der Waals surface area contributed by atoms with E-state index < -0.39 is 5.97 Å². The fourth-order valence-corrected chi connectivity index (χ4v) is 1.49. The minimum atomic E-state index is -1.05. The van der Waals surface area contributed by atoms with Crippen molar-refractivity contribution in [2.24, 2.45) is 7.05 Å². The number of rotatable bonds is 8. The average molecular weight is 258 g/mol. The molecule has 102 valence electrons. The van der Waals surface area contributed by atoms with Crippen molar-refractivity contribution in [3.63, 3.8) is 0 Å². The maximum absolute atomic E-state index is 11.0. The Morgan fingerprint density at radius 2 is 2.00 bits per heavy atom. The van der Waals surface area contributed by atoms with E-state index in [4.69, 9.17) is 19.3 Å². The molecule has 0 saturated heterocycles. The van der Waals surface area contributed by atoms with Crippen molar-refractivity contribution < 1.29 is 24.1 Å². The number of hydrogen-bond acceptors (Lipinski definition) is 5. The Labute approximate surface area is 105 Å². The van der Waals surface area contributed by atoms with E-state index in [1.54, 1.807) is 21.1 Å². The van der Waals surface area contributed by atoms with Gasteiger partial charge in [-0.05, 0) is 6.92 Å². The highest BCUT2D eigenvalue weighted by molar-refractivity contribution is 5.91. The minimum absolute atomic E-state index is 0.0920. The SMILES string of the molecule is COCCOCCOc1c(C(=O)O)c(C)nn1C. The van der Waals surface area contributed by atoms with E-state index in [-0.39, 0.29) is 18.1 Å². The summed E-state index contributed by atoms with van der Waals surface area (Å²) < 4.78 is 16.8. The van der Waals surface area contributed by atoms with Gasteiger partial charge in [-0.25, -0.2) is 9.48 Å². The molecule has 0 aromatic carbocycles. The van der Waals surface area contributed by atoms with E-state index in [0.717, 1.165) is 0 Å². The zero-order valence-corrected chi connectivity index (χ0v) is 10.8. The van der Waals surface area contributed by atoms with Crippen LogP contribution in [0.5, 0.6) is 5.88 Å². The molecular weight excluding hydrogens is 240 g/mol. The Morgan fingerprint density at radius 1 is 1.33 bits per heavy atom. The number of aromatic nitrogens is 2. The van der Waals surface area contributed by atoms with Crippen LogP contribution < -0.4 is 4.74 Å². The van der Waals surface area contributed by atoms with E-state index in [1.165, 1.54) is 4.68 Å². The highest BCUT2D eigenvalue weighted by Crippen LogP contribution is 2.20. The number of methoxy groups -OCH3 is 1. The number of hydrogen-bond donors (Lipinski definition) is 1. The Bertz CT molecular complexity index is 402. The van der Waals surface area contributed by atoms with E-state index in [1.807, 2.05) is 0 Å². The van der Waals surface area contributed by atoms with E-state index in [0.29, 0.717) is 25.5 Å². The van der Waals surface area contributed by atoms with Gasteiger partial charge < -0.3 is 19.3 Å². The summed E-state index contributed by atoms with van der Waals surface area (Å²) in [5, 5.41) is 13.1. The van der Waals surface area contributed by atoms with Gasteiger partial charge in [0.1, 0.15) is 12.2 Å². The fourth-order valence-electron chi connectivity index (χ4n) is 1.49. The van der Waals surface area contributed by atoms with Crippen molar-refractivity contribution in [2.75, 3.05) is 33.5 Å². The first-order valence-electron chi connectivity index (χ1n) is 5.54. The molecule has 1 rings (SSSR count). The van der Waals surface area contributed by atoms with Crippen molar-refractivity contribution in [1.29, 1.82) is 0 Å². The maximum Gasteiger partial charge on any atom is 0.343 e. The minimum Gasteiger partial charge on any atom is -0.477 e. The Morgan fingerprint density at radius 3 is 2.61 bits per heavy atom. The summed E-state index contributed by atoms with van der Waals surface area (Å²) in [6.45, 7) is 3.27. The first kappa shape index (κ1) is 14.5. The molecule has 1 aromatic rings. The number of aryl methyl sites for hydroxylation is 2. The van der Waals surface area contributed by atoms with Crippen LogP contribution in [0, 0.1) is 6.92 Å². The Balaban J connectivity index is 2.49. The van der Waals surface area contributed by atoms with Crippen LogP contribution >= 0.6 is 0 Å². The van der Waals surface area contributed by atoms with Crippen LogP contribution in [0.4, 0.5) is 0 Å². The lowest BCUT2D eigenvalue weighted by Gasteiger charge is -2.08. The lowest BCUT2D eigenvalue weighted by atomic mass is 10.2. The molecule has 1 aromatic heterocycles. The second kappa shape index (κ2) is 6.97. The quantitative estimate of drug-likeness (QED) is 0.682. The molecular formula is C11H18N2O5. The number of carboxylic acids is 1. The third-order valence-corrected chi connectivity index (χ3v) is 2.28. The van der Waals surface area contributed by atoms with Crippen LogP contribution in [0.15, 0.2) is 0 Å². The van der Waals surface area contributed by atoms with Gasteiger partial charge in [0.05, 0.1) is 25.5 Å². The van der Waals surface area contributed by atoms with Crippen molar-refractivity contribution in [2.45, 2.75) is 6.92 Å². The second-order valence-corrected chi connectivity index (χ2v) is 3.65. The number of carboxylic acid groups (broad SMARTS) is 1. The number of aromatic carboxylic acids is 1. The van der Waals surface area contributed by atoms with Gasteiger partial charge in [0.25, 0.3) is 0 Å². The van der Waals surface area contributed by atoms with Crippen molar-refractivity contribution in [3.8, 4) is 5.88 Å². The summed E-state index contributed by atoms with van der Waals surface area (Å²) in [6, 6.07) is 0. The van der Waals surface area contributed by atoms with Crippen molar-refractivity contribution >= 4 is 5.97 Å². The molecule has 1 N–H and O–H groups in total. The zero-order chi connectivity index (χ0) is 13.5. The first-order chi connectivity index (χ1) is 8.57. The van der Waals surface area contributed by atoms with Gasteiger partial charge in [-0.2, -0.15) is 5.10 Å². The standard InChI is InChI=1S/C11H18N2O5/c1-8-9(11(14)15)10(13(2)12-8)18-7-6-17-5-4-16-3/h4-7H2,1-3H3,(H,14,15). The summed E-state index contributed by atoms with van der Waals surface area (Å²) >= 11 is 0. The number of ether oxygens (including phenoxy) is 3. The molecule has 0 atom stereocenters. The van der Waals surface area contributed by atoms with Crippen molar-refractivity contribution in [1.82, 2.24) is 9.78 Å². The largest absolute Gasteiger partial charge is 0.477 e. The molecule has 0 fully saturated rings.